The first-order valence-electron chi connectivity index (χ1n) is 6.42. The zero-order chi connectivity index (χ0) is 15.0. The van der Waals surface area contributed by atoms with Gasteiger partial charge in [0.15, 0.2) is 5.82 Å². The highest BCUT2D eigenvalue weighted by Crippen LogP contribution is 2.35. The van der Waals surface area contributed by atoms with Gasteiger partial charge in [0.05, 0.1) is 11.6 Å². The van der Waals surface area contributed by atoms with Gasteiger partial charge in [0.2, 0.25) is 0 Å². The van der Waals surface area contributed by atoms with Gasteiger partial charge in [-0.2, -0.15) is 0 Å². The molecule has 1 N–H and O–H groups in total. The van der Waals surface area contributed by atoms with Crippen LogP contribution in [0.5, 0.6) is 0 Å². The Hall–Kier alpha value is -1.65. The highest BCUT2D eigenvalue weighted by atomic mass is 35.5. The van der Waals surface area contributed by atoms with Crippen LogP contribution < -0.4 is 5.32 Å². The fraction of sp³-hybridized carbons (Fsp3) is 0.125. The van der Waals surface area contributed by atoms with Gasteiger partial charge < -0.3 is 5.32 Å². The van der Waals surface area contributed by atoms with Crippen LogP contribution >= 0.6 is 22.9 Å². The van der Waals surface area contributed by atoms with Crippen molar-refractivity contribution in [3.63, 3.8) is 0 Å². The van der Waals surface area contributed by atoms with E-state index >= 15 is 0 Å². The topological polar surface area (TPSA) is 12.0 Å². The van der Waals surface area contributed by atoms with Crippen molar-refractivity contribution in [2.75, 3.05) is 5.32 Å². The summed E-state index contributed by atoms with van der Waals surface area (Å²) in [5.41, 5.74) is 0.296. The molecule has 108 valence electrons. The van der Waals surface area contributed by atoms with Crippen molar-refractivity contribution >= 4 is 38.7 Å². The van der Waals surface area contributed by atoms with Crippen LogP contribution in [0.2, 0.25) is 5.02 Å². The van der Waals surface area contributed by atoms with Crippen LogP contribution in [0.3, 0.4) is 0 Å². The maximum Gasteiger partial charge on any atom is 0.152 e. The van der Waals surface area contributed by atoms with Crippen LogP contribution in [-0.2, 0) is 6.54 Å². The first-order chi connectivity index (χ1) is 10.1. The highest BCUT2D eigenvalue weighted by molar-refractivity contribution is 7.19. The third-order valence-corrected chi connectivity index (χ3v) is 5.03. The molecule has 0 saturated heterocycles. The average molecular weight is 324 g/mol. The summed E-state index contributed by atoms with van der Waals surface area (Å²) < 4.78 is 28.7. The van der Waals surface area contributed by atoms with Gasteiger partial charge in [0.1, 0.15) is 11.5 Å². The average Bonchev–Trinajstić information content (AvgIpc) is 2.80. The van der Waals surface area contributed by atoms with Gasteiger partial charge in [0, 0.05) is 15.0 Å². The van der Waals surface area contributed by atoms with Crippen molar-refractivity contribution in [3.8, 4) is 0 Å². The molecule has 0 aliphatic heterocycles. The van der Waals surface area contributed by atoms with E-state index in [4.69, 9.17) is 11.6 Å². The van der Waals surface area contributed by atoms with Crippen molar-refractivity contribution in [1.82, 2.24) is 0 Å². The second kappa shape index (κ2) is 5.62. The Labute approximate surface area is 130 Å². The van der Waals surface area contributed by atoms with E-state index in [1.54, 1.807) is 6.92 Å². The molecule has 21 heavy (non-hydrogen) atoms. The van der Waals surface area contributed by atoms with E-state index < -0.39 is 11.6 Å². The minimum Gasteiger partial charge on any atom is -0.375 e. The normalized spacial score (nSPS) is 11.0. The summed E-state index contributed by atoms with van der Waals surface area (Å²) in [7, 11) is 0. The summed E-state index contributed by atoms with van der Waals surface area (Å²) in [4.78, 5) is 0.859. The SMILES string of the molecule is Cc1ccc(F)c(NCc2sc3ccccc3c2Cl)c1F. The maximum absolute atomic E-state index is 13.9. The van der Waals surface area contributed by atoms with Crippen LogP contribution in [0.15, 0.2) is 36.4 Å². The Bertz CT molecular complexity index is 813. The van der Waals surface area contributed by atoms with Crippen LogP contribution in [0.25, 0.3) is 10.1 Å². The summed E-state index contributed by atoms with van der Waals surface area (Å²) in [5.74, 6) is -1.16. The Balaban J connectivity index is 1.91. The van der Waals surface area contributed by atoms with Gasteiger partial charge in [-0.1, -0.05) is 35.9 Å². The lowest BCUT2D eigenvalue weighted by Crippen LogP contribution is -2.04. The molecule has 0 radical (unpaired) electrons. The summed E-state index contributed by atoms with van der Waals surface area (Å²) >= 11 is 7.84. The van der Waals surface area contributed by atoms with Crippen molar-refractivity contribution in [2.24, 2.45) is 0 Å². The van der Waals surface area contributed by atoms with Crippen LogP contribution in [-0.4, -0.2) is 0 Å². The van der Waals surface area contributed by atoms with Gasteiger partial charge in [0.25, 0.3) is 0 Å². The lowest BCUT2D eigenvalue weighted by atomic mass is 10.2. The Morgan fingerprint density at radius 3 is 2.67 bits per heavy atom. The summed E-state index contributed by atoms with van der Waals surface area (Å²) in [6.07, 6.45) is 0. The lowest BCUT2D eigenvalue weighted by Gasteiger charge is -2.09. The predicted molar refractivity (Wildman–Crippen MR) is 85.3 cm³/mol. The van der Waals surface area contributed by atoms with Crippen molar-refractivity contribution in [3.05, 3.63) is 63.5 Å². The molecule has 1 aromatic heterocycles. The monoisotopic (exact) mass is 323 g/mol. The number of benzene rings is 2. The van der Waals surface area contributed by atoms with Gasteiger partial charge in [-0.25, -0.2) is 8.78 Å². The molecule has 2 aromatic carbocycles. The van der Waals surface area contributed by atoms with Crippen LogP contribution in [0.4, 0.5) is 14.5 Å². The maximum atomic E-state index is 13.9. The van der Waals surface area contributed by atoms with Crippen molar-refractivity contribution < 1.29 is 8.78 Å². The molecule has 1 nitrogen and oxygen atoms in total. The summed E-state index contributed by atoms with van der Waals surface area (Å²) in [6, 6.07) is 10.4. The van der Waals surface area contributed by atoms with Gasteiger partial charge in [-0.05, 0) is 24.6 Å². The van der Waals surface area contributed by atoms with E-state index in [-0.39, 0.29) is 12.2 Å². The molecule has 3 aromatic rings. The number of nitrogens with one attached hydrogen (secondary N) is 1. The summed E-state index contributed by atoms with van der Waals surface area (Å²) in [5, 5.41) is 4.42. The molecule has 0 amide bonds. The number of halogens is 3. The third-order valence-electron chi connectivity index (χ3n) is 3.31. The number of hydrogen-bond acceptors (Lipinski definition) is 2. The van der Waals surface area contributed by atoms with E-state index in [0.29, 0.717) is 10.6 Å². The number of fused-ring (bicyclic) bond motifs is 1. The van der Waals surface area contributed by atoms with Crippen molar-refractivity contribution in [2.45, 2.75) is 13.5 Å². The predicted octanol–water partition coefficient (Wildman–Crippen LogP) is 5.75. The zero-order valence-electron chi connectivity index (χ0n) is 11.2. The molecule has 0 aliphatic rings. The Kier molecular flexibility index (Phi) is 3.83. The minimum absolute atomic E-state index is 0.108. The molecular weight excluding hydrogens is 312 g/mol. The fourth-order valence-electron chi connectivity index (χ4n) is 2.17. The lowest BCUT2D eigenvalue weighted by molar-refractivity contribution is 0.582. The van der Waals surface area contributed by atoms with Gasteiger partial charge in [-0.3, -0.25) is 0 Å². The molecule has 0 fully saturated rings. The molecule has 0 aliphatic carbocycles. The molecule has 3 rings (SSSR count). The van der Waals surface area contributed by atoms with E-state index in [9.17, 15) is 8.78 Å². The quantitative estimate of drug-likeness (QED) is 0.646. The zero-order valence-corrected chi connectivity index (χ0v) is 12.8. The van der Waals surface area contributed by atoms with E-state index in [0.717, 1.165) is 15.0 Å². The molecule has 1 heterocycles. The largest absolute Gasteiger partial charge is 0.375 e. The fourth-order valence-corrected chi connectivity index (χ4v) is 3.61. The van der Waals surface area contributed by atoms with Gasteiger partial charge >= 0.3 is 0 Å². The number of hydrogen-bond donors (Lipinski definition) is 1. The van der Waals surface area contributed by atoms with E-state index in [1.807, 2.05) is 24.3 Å². The molecule has 0 atom stereocenters. The Morgan fingerprint density at radius 2 is 1.90 bits per heavy atom. The highest BCUT2D eigenvalue weighted by Gasteiger charge is 2.14. The summed E-state index contributed by atoms with van der Waals surface area (Å²) in [6.45, 7) is 1.89. The second-order valence-electron chi connectivity index (χ2n) is 4.74. The van der Waals surface area contributed by atoms with E-state index in [1.165, 1.54) is 23.5 Å². The number of aryl methyl sites for hydroxylation is 1. The molecule has 0 saturated carbocycles. The molecular formula is C16H12ClF2NS. The molecule has 0 unspecified atom stereocenters. The number of anilines is 1. The van der Waals surface area contributed by atoms with Crippen LogP contribution in [0.1, 0.15) is 10.4 Å². The third kappa shape index (κ3) is 2.61. The van der Waals surface area contributed by atoms with Crippen molar-refractivity contribution in [1.29, 1.82) is 0 Å². The second-order valence-corrected chi connectivity index (χ2v) is 6.26. The molecule has 0 bridgehead atoms. The number of rotatable bonds is 3. The minimum atomic E-state index is -0.602. The first kappa shape index (κ1) is 14.3. The standard InChI is InChI=1S/C16H12ClF2NS/c1-9-6-7-11(18)16(15(9)19)20-8-13-14(17)10-4-2-3-5-12(10)21-13/h2-7,20H,8H2,1H3. The molecule has 0 spiro atoms. The molecule has 5 heteroatoms. The Morgan fingerprint density at radius 1 is 1.14 bits per heavy atom. The van der Waals surface area contributed by atoms with E-state index in [2.05, 4.69) is 5.32 Å². The van der Waals surface area contributed by atoms with Crippen LogP contribution in [0, 0.1) is 18.6 Å². The first-order valence-corrected chi connectivity index (χ1v) is 7.61. The van der Waals surface area contributed by atoms with Gasteiger partial charge in [-0.15, -0.1) is 11.3 Å². The number of thiophene rings is 1. The smallest absolute Gasteiger partial charge is 0.152 e.